The summed E-state index contributed by atoms with van der Waals surface area (Å²) in [5.74, 6) is 0.361. The van der Waals surface area contributed by atoms with Crippen LogP contribution in [0.4, 0.5) is 0 Å². The van der Waals surface area contributed by atoms with Crippen LogP contribution in [0, 0.1) is 0 Å². The zero-order valence-electron chi connectivity index (χ0n) is 10.4. The standard InChI is InChI=1S/C13H16Cl2O2S/c1-3-4-7-18(17)9(2)13(16)11-6-5-10(14)8-12(11)15/h5-6,8-9H,3-4,7H2,1-2H3. The fraction of sp³-hybridized carbons (Fsp3) is 0.462. The number of Topliss-reactive ketones (excluding diaryl/α,β-unsaturated/α-hetero) is 1. The van der Waals surface area contributed by atoms with Crippen LogP contribution in [-0.2, 0) is 10.8 Å². The Hall–Kier alpha value is -0.380. The van der Waals surface area contributed by atoms with E-state index < -0.39 is 16.0 Å². The Bertz CT molecular complexity index is 460. The van der Waals surface area contributed by atoms with Crippen molar-refractivity contribution in [1.29, 1.82) is 0 Å². The molecule has 0 aliphatic carbocycles. The van der Waals surface area contributed by atoms with Gasteiger partial charge < -0.3 is 0 Å². The van der Waals surface area contributed by atoms with Gasteiger partial charge in [-0.2, -0.15) is 0 Å². The highest BCUT2D eigenvalue weighted by atomic mass is 35.5. The molecule has 2 atom stereocenters. The van der Waals surface area contributed by atoms with Crippen molar-refractivity contribution in [3.05, 3.63) is 33.8 Å². The average Bonchev–Trinajstić information content (AvgIpc) is 2.34. The Balaban J connectivity index is 2.83. The fourth-order valence-electron chi connectivity index (χ4n) is 1.49. The summed E-state index contributed by atoms with van der Waals surface area (Å²) in [4.78, 5) is 12.2. The van der Waals surface area contributed by atoms with E-state index in [9.17, 15) is 9.00 Å². The van der Waals surface area contributed by atoms with Gasteiger partial charge in [0.2, 0.25) is 0 Å². The monoisotopic (exact) mass is 306 g/mol. The maximum absolute atomic E-state index is 12.2. The largest absolute Gasteiger partial charge is 0.293 e. The molecule has 0 radical (unpaired) electrons. The van der Waals surface area contributed by atoms with E-state index in [0.29, 0.717) is 21.4 Å². The van der Waals surface area contributed by atoms with Crippen molar-refractivity contribution in [2.45, 2.75) is 31.9 Å². The van der Waals surface area contributed by atoms with Crippen molar-refractivity contribution in [3.8, 4) is 0 Å². The van der Waals surface area contributed by atoms with Crippen molar-refractivity contribution in [2.75, 3.05) is 5.75 Å². The fourth-order valence-corrected chi connectivity index (χ4v) is 3.29. The quantitative estimate of drug-likeness (QED) is 0.741. The molecule has 0 bridgehead atoms. The lowest BCUT2D eigenvalue weighted by molar-refractivity contribution is 0.0993. The minimum atomic E-state index is -1.15. The molecule has 0 spiro atoms. The zero-order chi connectivity index (χ0) is 13.7. The van der Waals surface area contributed by atoms with Crippen LogP contribution in [-0.4, -0.2) is 21.0 Å². The second-order valence-corrected chi connectivity index (χ2v) is 6.79. The van der Waals surface area contributed by atoms with Crippen LogP contribution in [0.1, 0.15) is 37.0 Å². The van der Waals surface area contributed by atoms with E-state index in [1.807, 2.05) is 6.92 Å². The molecule has 0 N–H and O–H groups in total. The van der Waals surface area contributed by atoms with Crippen LogP contribution in [0.25, 0.3) is 0 Å². The van der Waals surface area contributed by atoms with Crippen molar-refractivity contribution >= 4 is 39.8 Å². The zero-order valence-corrected chi connectivity index (χ0v) is 12.7. The summed E-state index contributed by atoms with van der Waals surface area (Å²) >= 11 is 11.7. The van der Waals surface area contributed by atoms with Crippen LogP contribution >= 0.6 is 23.2 Å². The molecule has 1 aromatic rings. The number of carbonyl (C=O) groups is 1. The molecule has 0 saturated carbocycles. The number of benzene rings is 1. The van der Waals surface area contributed by atoms with E-state index in [1.165, 1.54) is 6.07 Å². The molecule has 2 nitrogen and oxygen atoms in total. The lowest BCUT2D eigenvalue weighted by Crippen LogP contribution is -2.24. The number of halogens is 2. The normalized spacial score (nSPS) is 14.2. The predicted molar refractivity (Wildman–Crippen MR) is 78.2 cm³/mol. The summed E-state index contributed by atoms with van der Waals surface area (Å²) in [5.41, 5.74) is 0.387. The van der Waals surface area contributed by atoms with E-state index in [1.54, 1.807) is 19.1 Å². The van der Waals surface area contributed by atoms with E-state index in [-0.39, 0.29) is 5.78 Å². The van der Waals surface area contributed by atoms with Crippen LogP contribution < -0.4 is 0 Å². The van der Waals surface area contributed by atoms with Crippen molar-refractivity contribution in [1.82, 2.24) is 0 Å². The molecule has 2 unspecified atom stereocenters. The Morgan fingerprint density at radius 1 is 1.39 bits per heavy atom. The van der Waals surface area contributed by atoms with Crippen molar-refractivity contribution in [3.63, 3.8) is 0 Å². The molecule has 0 aromatic heterocycles. The SMILES string of the molecule is CCCCS(=O)C(C)C(=O)c1ccc(Cl)cc1Cl. The second-order valence-electron chi connectivity index (χ2n) is 4.07. The molecule has 5 heteroatoms. The van der Waals surface area contributed by atoms with Crippen molar-refractivity contribution in [2.24, 2.45) is 0 Å². The van der Waals surface area contributed by atoms with E-state index in [0.717, 1.165) is 12.8 Å². The number of hydrogen-bond acceptors (Lipinski definition) is 2. The third-order valence-electron chi connectivity index (χ3n) is 2.66. The van der Waals surface area contributed by atoms with Gasteiger partial charge in [0.15, 0.2) is 5.78 Å². The highest BCUT2D eigenvalue weighted by Gasteiger charge is 2.22. The first-order chi connectivity index (χ1) is 8.47. The molecular weight excluding hydrogens is 291 g/mol. The topological polar surface area (TPSA) is 34.1 Å². The highest BCUT2D eigenvalue weighted by Crippen LogP contribution is 2.23. The molecule has 0 saturated heterocycles. The van der Waals surface area contributed by atoms with Gasteiger partial charge in [-0.15, -0.1) is 0 Å². The van der Waals surface area contributed by atoms with Gasteiger partial charge in [-0.05, 0) is 31.5 Å². The highest BCUT2D eigenvalue weighted by molar-refractivity contribution is 7.86. The maximum atomic E-state index is 12.2. The Morgan fingerprint density at radius 3 is 2.61 bits per heavy atom. The summed E-state index contributed by atoms with van der Waals surface area (Å²) in [5, 5.41) is 0.262. The minimum Gasteiger partial charge on any atom is -0.293 e. The molecule has 0 amide bonds. The number of rotatable bonds is 6. The van der Waals surface area contributed by atoms with E-state index >= 15 is 0 Å². The van der Waals surface area contributed by atoms with Gasteiger partial charge in [0.25, 0.3) is 0 Å². The first kappa shape index (κ1) is 15.7. The summed E-state index contributed by atoms with van der Waals surface area (Å²) in [7, 11) is -1.15. The van der Waals surface area contributed by atoms with Gasteiger partial charge in [-0.25, -0.2) is 0 Å². The molecule has 0 heterocycles. The molecule has 100 valence electrons. The lowest BCUT2D eigenvalue weighted by Gasteiger charge is -2.11. The molecule has 1 rings (SSSR count). The maximum Gasteiger partial charge on any atom is 0.179 e. The molecule has 0 fully saturated rings. The van der Waals surface area contributed by atoms with Gasteiger partial charge >= 0.3 is 0 Å². The summed E-state index contributed by atoms with van der Waals surface area (Å²) < 4.78 is 11.9. The Labute approximate surface area is 120 Å². The van der Waals surface area contributed by atoms with Gasteiger partial charge in [0.05, 0.1) is 10.3 Å². The average molecular weight is 307 g/mol. The number of hydrogen-bond donors (Lipinski definition) is 0. The van der Waals surface area contributed by atoms with Crippen LogP contribution in [0.3, 0.4) is 0 Å². The molecule has 1 aromatic carbocycles. The van der Waals surface area contributed by atoms with Gasteiger partial charge in [0, 0.05) is 27.1 Å². The molecule has 0 aliphatic rings. The van der Waals surface area contributed by atoms with E-state index in [2.05, 4.69) is 0 Å². The van der Waals surface area contributed by atoms with Gasteiger partial charge in [-0.3, -0.25) is 9.00 Å². The molecular formula is C13H16Cl2O2S. The molecule has 18 heavy (non-hydrogen) atoms. The Kier molecular flexibility index (Phi) is 6.33. The van der Waals surface area contributed by atoms with Crippen molar-refractivity contribution < 1.29 is 9.00 Å². The van der Waals surface area contributed by atoms with Crippen LogP contribution in [0.5, 0.6) is 0 Å². The summed E-state index contributed by atoms with van der Waals surface area (Å²) in [6, 6.07) is 4.72. The number of carbonyl (C=O) groups excluding carboxylic acids is 1. The molecule has 0 aliphatic heterocycles. The Morgan fingerprint density at radius 2 is 2.06 bits per heavy atom. The van der Waals surface area contributed by atoms with E-state index in [4.69, 9.17) is 23.2 Å². The number of unbranched alkanes of at least 4 members (excludes halogenated alkanes) is 1. The lowest BCUT2D eigenvalue weighted by atomic mass is 10.1. The smallest absolute Gasteiger partial charge is 0.179 e. The first-order valence-electron chi connectivity index (χ1n) is 5.83. The number of ketones is 1. The van der Waals surface area contributed by atoms with Crippen LogP contribution in [0.15, 0.2) is 18.2 Å². The summed E-state index contributed by atoms with van der Waals surface area (Å²) in [6.45, 7) is 3.71. The van der Waals surface area contributed by atoms with Crippen LogP contribution in [0.2, 0.25) is 10.0 Å². The third kappa shape index (κ3) is 4.08. The van der Waals surface area contributed by atoms with Gasteiger partial charge in [-0.1, -0.05) is 36.5 Å². The predicted octanol–water partition coefficient (Wildman–Crippen LogP) is 4.11. The van der Waals surface area contributed by atoms with Gasteiger partial charge in [0.1, 0.15) is 0 Å². The third-order valence-corrected chi connectivity index (χ3v) is 4.90. The minimum absolute atomic E-state index is 0.189. The second kappa shape index (κ2) is 7.27. The first-order valence-corrected chi connectivity index (χ1v) is 7.97. The summed E-state index contributed by atoms with van der Waals surface area (Å²) in [6.07, 6.45) is 1.83.